The molecule has 1 rings (SSSR count). The molecule has 0 aliphatic rings. The van der Waals surface area contributed by atoms with Crippen molar-refractivity contribution in [2.75, 3.05) is 19.8 Å². The van der Waals surface area contributed by atoms with E-state index in [0.717, 1.165) is 6.20 Å². The van der Waals surface area contributed by atoms with Crippen LogP contribution in [0, 0.1) is 5.82 Å². The second kappa shape index (κ2) is 7.24. The first-order valence-corrected chi connectivity index (χ1v) is 5.30. The molecule has 0 aliphatic carbocycles. The average molecular weight is 248 g/mol. The molecule has 0 spiro atoms. The van der Waals surface area contributed by atoms with Crippen molar-refractivity contribution in [2.45, 2.75) is 19.4 Å². The van der Waals surface area contributed by atoms with Crippen molar-refractivity contribution in [3.8, 4) is 0 Å². The van der Waals surface area contributed by atoms with Crippen molar-refractivity contribution in [1.82, 2.24) is 10.3 Å². The number of aromatic nitrogens is 1. The lowest BCUT2D eigenvalue weighted by Crippen LogP contribution is -2.24. The molecule has 0 fully saturated rings. The molecule has 1 aromatic rings. The maximum atomic E-state index is 12.6. The van der Waals surface area contributed by atoms with E-state index in [1.807, 2.05) is 6.92 Å². The maximum Gasteiger partial charge on any atom is 0.261 e. The van der Waals surface area contributed by atoms with Crippen molar-refractivity contribution in [3.05, 3.63) is 29.8 Å². The van der Waals surface area contributed by atoms with Gasteiger partial charge in [0, 0.05) is 12.6 Å². The molecule has 6 heteroatoms. The van der Waals surface area contributed by atoms with Crippen LogP contribution in [0.4, 0.5) is 13.2 Å². The van der Waals surface area contributed by atoms with Gasteiger partial charge in [-0.05, 0) is 19.1 Å². The minimum absolute atomic E-state index is 0.0780. The number of nitrogens with one attached hydrogen (secondary N) is 1. The summed E-state index contributed by atoms with van der Waals surface area (Å²) in [5.74, 6) is -0.388. The average Bonchev–Trinajstić information content (AvgIpc) is 2.29. The Morgan fingerprint density at radius 2 is 2.18 bits per heavy atom. The molecule has 1 N–H and O–H groups in total. The van der Waals surface area contributed by atoms with Gasteiger partial charge in [-0.25, -0.2) is 13.2 Å². The Morgan fingerprint density at radius 3 is 2.76 bits per heavy atom. The third kappa shape index (κ3) is 5.65. The highest BCUT2D eigenvalue weighted by Gasteiger charge is 2.06. The van der Waals surface area contributed by atoms with Crippen LogP contribution in [0.25, 0.3) is 0 Å². The zero-order chi connectivity index (χ0) is 12.7. The van der Waals surface area contributed by atoms with E-state index in [2.05, 4.69) is 10.3 Å². The molecule has 96 valence electrons. The molecular formula is C11H15F3N2O. The second-order valence-electron chi connectivity index (χ2n) is 3.54. The molecule has 0 aromatic carbocycles. The highest BCUT2D eigenvalue weighted by Crippen LogP contribution is 2.08. The monoisotopic (exact) mass is 248 g/mol. The van der Waals surface area contributed by atoms with Gasteiger partial charge < -0.3 is 10.1 Å². The van der Waals surface area contributed by atoms with Gasteiger partial charge in [-0.15, -0.1) is 0 Å². The number of hydrogen-bond acceptors (Lipinski definition) is 3. The summed E-state index contributed by atoms with van der Waals surface area (Å²) < 4.78 is 40.8. The van der Waals surface area contributed by atoms with Crippen LogP contribution in [-0.2, 0) is 4.74 Å². The number of rotatable bonds is 7. The van der Waals surface area contributed by atoms with E-state index >= 15 is 0 Å². The zero-order valence-electron chi connectivity index (χ0n) is 9.50. The molecule has 0 saturated heterocycles. The van der Waals surface area contributed by atoms with Gasteiger partial charge in [0.15, 0.2) is 0 Å². The number of pyridine rings is 1. The molecule has 0 radical (unpaired) electrons. The molecule has 1 heterocycles. The third-order valence-electron chi connectivity index (χ3n) is 2.13. The first kappa shape index (κ1) is 13.9. The maximum absolute atomic E-state index is 12.6. The van der Waals surface area contributed by atoms with Crippen LogP contribution < -0.4 is 5.32 Å². The Morgan fingerprint density at radius 1 is 1.41 bits per heavy atom. The normalized spacial score (nSPS) is 13.0. The van der Waals surface area contributed by atoms with Crippen molar-refractivity contribution in [1.29, 1.82) is 0 Å². The summed E-state index contributed by atoms with van der Waals surface area (Å²) in [5.41, 5.74) is 0.695. The minimum Gasteiger partial charge on any atom is -0.374 e. The Bertz CT molecular complexity index is 319. The van der Waals surface area contributed by atoms with Crippen LogP contribution >= 0.6 is 0 Å². The molecule has 1 unspecified atom stereocenters. The molecular weight excluding hydrogens is 233 g/mol. The van der Waals surface area contributed by atoms with Gasteiger partial charge in [-0.2, -0.15) is 0 Å². The molecule has 0 aliphatic heterocycles. The van der Waals surface area contributed by atoms with Gasteiger partial charge >= 0.3 is 0 Å². The highest BCUT2D eigenvalue weighted by atomic mass is 19.3. The fraction of sp³-hybridized carbons (Fsp3) is 0.545. The largest absolute Gasteiger partial charge is 0.374 e. The smallest absolute Gasteiger partial charge is 0.261 e. The first-order chi connectivity index (χ1) is 8.09. The summed E-state index contributed by atoms with van der Waals surface area (Å²) in [6, 6.07) is 2.83. The molecule has 1 aromatic heterocycles. The van der Waals surface area contributed by atoms with Crippen LogP contribution in [0.5, 0.6) is 0 Å². The Hall–Kier alpha value is -1.14. The van der Waals surface area contributed by atoms with Gasteiger partial charge in [0.05, 0.1) is 18.5 Å². The van der Waals surface area contributed by atoms with Crippen LogP contribution in [0.15, 0.2) is 18.3 Å². The lowest BCUT2D eigenvalue weighted by molar-refractivity contribution is 0.0183. The fourth-order valence-corrected chi connectivity index (χ4v) is 1.27. The van der Waals surface area contributed by atoms with E-state index < -0.39 is 13.0 Å². The standard InChI is InChI=1S/C11H15F3N2O/c1-8(10-3-2-9(12)6-16-10)15-4-5-17-7-11(13)14/h2-3,6,8,11,15H,4-5,7H2,1H3. The lowest BCUT2D eigenvalue weighted by atomic mass is 10.2. The van der Waals surface area contributed by atoms with E-state index in [1.54, 1.807) is 6.07 Å². The van der Waals surface area contributed by atoms with Crippen LogP contribution in [0.2, 0.25) is 0 Å². The van der Waals surface area contributed by atoms with Crippen molar-refractivity contribution in [2.24, 2.45) is 0 Å². The Labute approximate surface area is 98.0 Å². The Balaban J connectivity index is 2.21. The fourth-order valence-electron chi connectivity index (χ4n) is 1.27. The van der Waals surface area contributed by atoms with Gasteiger partial charge in [0.1, 0.15) is 12.4 Å². The lowest BCUT2D eigenvalue weighted by Gasteiger charge is -2.13. The first-order valence-electron chi connectivity index (χ1n) is 5.30. The van der Waals surface area contributed by atoms with E-state index in [-0.39, 0.29) is 18.5 Å². The second-order valence-corrected chi connectivity index (χ2v) is 3.54. The van der Waals surface area contributed by atoms with Crippen LogP contribution in [0.3, 0.4) is 0 Å². The van der Waals surface area contributed by atoms with Crippen molar-refractivity contribution >= 4 is 0 Å². The number of nitrogens with zero attached hydrogens (tertiary/aromatic N) is 1. The predicted octanol–water partition coefficient (Wildman–Crippen LogP) is 2.15. The van der Waals surface area contributed by atoms with Gasteiger partial charge in [0.2, 0.25) is 0 Å². The minimum atomic E-state index is -2.44. The third-order valence-corrected chi connectivity index (χ3v) is 2.13. The zero-order valence-corrected chi connectivity index (χ0v) is 9.50. The number of ether oxygens (including phenoxy) is 1. The SMILES string of the molecule is CC(NCCOCC(F)F)c1ccc(F)cn1. The van der Waals surface area contributed by atoms with E-state index in [1.165, 1.54) is 6.07 Å². The van der Waals surface area contributed by atoms with E-state index in [4.69, 9.17) is 4.74 Å². The summed E-state index contributed by atoms with van der Waals surface area (Å²) >= 11 is 0. The van der Waals surface area contributed by atoms with E-state index in [9.17, 15) is 13.2 Å². The molecule has 3 nitrogen and oxygen atoms in total. The molecule has 1 atom stereocenters. The van der Waals surface area contributed by atoms with Gasteiger partial charge in [0.25, 0.3) is 6.43 Å². The summed E-state index contributed by atoms with van der Waals surface area (Å²) in [4.78, 5) is 3.91. The topological polar surface area (TPSA) is 34.1 Å². The van der Waals surface area contributed by atoms with Crippen LogP contribution in [0.1, 0.15) is 18.7 Å². The van der Waals surface area contributed by atoms with Gasteiger partial charge in [-0.3, -0.25) is 4.98 Å². The van der Waals surface area contributed by atoms with E-state index in [0.29, 0.717) is 12.2 Å². The summed E-state index contributed by atoms with van der Waals surface area (Å²) in [6.07, 6.45) is -1.30. The number of halogens is 3. The van der Waals surface area contributed by atoms with Crippen molar-refractivity contribution < 1.29 is 17.9 Å². The molecule has 0 saturated carbocycles. The molecule has 0 bridgehead atoms. The van der Waals surface area contributed by atoms with Gasteiger partial charge in [-0.1, -0.05) is 0 Å². The summed E-state index contributed by atoms with van der Waals surface area (Å²) in [5, 5.41) is 3.04. The highest BCUT2D eigenvalue weighted by molar-refractivity contribution is 5.08. The van der Waals surface area contributed by atoms with Crippen LogP contribution in [-0.4, -0.2) is 31.2 Å². The summed E-state index contributed by atoms with van der Waals surface area (Å²) in [6.45, 7) is 1.95. The number of hydrogen-bond donors (Lipinski definition) is 1. The molecule has 17 heavy (non-hydrogen) atoms. The summed E-state index contributed by atoms with van der Waals surface area (Å²) in [7, 11) is 0. The molecule has 0 amide bonds. The predicted molar refractivity (Wildman–Crippen MR) is 57.4 cm³/mol. The Kier molecular flexibility index (Phi) is 5.93. The number of alkyl halides is 2. The quantitative estimate of drug-likeness (QED) is 0.751. The van der Waals surface area contributed by atoms with Crippen molar-refractivity contribution in [3.63, 3.8) is 0 Å².